The van der Waals surface area contributed by atoms with E-state index in [0.29, 0.717) is 18.0 Å². The Bertz CT molecular complexity index is 852. The molecule has 2 aromatic carbocycles. The van der Waals surface area contributed by atoms with Crippen LogP contribution in [-0.4, -0.2) is 24.8 Å². The van der Waals surface area contributed by atoms with Crippen molar-refractivity contribution in [2.24, 2.45) is 5.92 Å². The van der Waals surface area contributed by atoms with Crippen LogP contribution in [0.4, 0.5) is 0 Å². The molecule has 29 heavy (non-hydrogen) atoms. The van der Waals surface area contributed by atoms with Gasteiger partial charge in [0.2, 0.25) is 6.79 Å². The normalized spacial score (nSPS) is 15.3. The molecule has 0 radical (unpaired) electrons. The summed E-state index contributed by atoms with van der Waals surface area (Å²) in [5.74, 6) is 0.345. The lowest BCUT2D eigenvalue weighted by molar-refractivity contribution is -0.157. The maximum absolute atomic E-state index is 12.8. The number of benzene rings is 2. The van der Waals surface area contributed by atoms with Gasteiger partial charge in [0, 0.05) is 6.54 Å². The van der Waals surface area contributed by atoms with Gasteiger partial charge in [0.25, 0.3) is 5.91 Å². The van der Waals surface area contributed by atoms with E-state index in [-0.39, 0.29) is 24.6 Å². The molecule has 0 unspecified atom stereocenters. The first-order valence-corrected chi connectivity index (χ1v) is 9.91. The summed E-state index contributed by atoms with van der Waals surface area (Å²) >= 11 is 0. The third kappa shape index (κ3) is 5.08. The lowest BCUT2D eigenvalue weighted by Gasteiger charge is -2.24. The largest absolute Gasteiger partial charge is 0.454 e. The smallest absolute Gasteiger partial charge is 0.314 e. The SMILES string of the molecule is CC[C@H](C)[C@H](C(=O)O[C@@H](C)C(=O)NCc1ccc2c(c1)OCO2)c1ccccc1. The fourth-order valence-corrected chi connectivity index (χ4v) is 3.28. The zero-order valence-electron chi connectivity index (χ0n) is 17.0. The Kier molecular flexibility index (Phi) is 6.75. The highest BCUT2D eigenvalue weighted by atomic mass is 16.7. The summed E-state index contributed by atoms with van der Waals surface area (Å²) in [4.78, 5) is 25.3. The maximum Gasteiger partial charge on any atom is 0.314 e. The van der Waals surface area contributed by atoms with Crippen LogP contribution in [-0.2, 0) is 20.9 Å². The number of hydrogen-bond donors (Lipinski definition) is 1. The zero-order chi connectivity index (χ0) is 20.8. The summed E-state index contributed by atoms with van der Waals surface area (Å²) in [5, 5.41) is 2.80. The first-order chi connectivity index (χ1) is 14.0. The van der Waals surface area contributed by atoms with Crippen molar-refractivity contribution in [2.45, 2.75) is 45.8 Å². The molecule has 0 fully saturated rings. The van der Waals surface area contributed by atoms with Crippen LogP contribution >= 0.6 is 0 Å². The van der Waals surface area contributed by atoms with Gasteiger partial charge in [-0.1, -0.05) is 56.7 Å². The first kappa shape index (κ1) is 20.7. The highest BCUT2D eigenvalue weighted by Crippen LogP contribution is 2.32. The minimum atomic E-state index is -0.883. The third-order valence-electron chi connectivity index (χ3n) is 5.19. The van der Waals surface area contributed by atoms with Gasteiger partial charge >= 0.3 is 5.97 Å². The van der Waals surface area contributed by atoms with Crippen LogP contribution in [0.25, 0.3) is 0 Å². The molecule has 0 spiro atoms. The number of ether oxygens (including phenoxy) is 3. The molecule has 0 bridgehead atoms. The minimum absolute atomic E-state index is 0.105. The van der Waals surface area contributed by atoms with Gasteiger partial charge in [0.05, 0.1) is 5.92 Å². The molecule has 1 aliphatic heterocycles. The summed E-state index contributed by atoms with van der Waals surface area (Å²) in [7, 11) is 0. The summed E-state index contributed by atoms with van der Waals surface area (Å²) in [6.45, 7) is 6.16. The molecule has 1 aliphatic rings. The Morgan fingerprint density at radius 2 is 1.79 bits per heavy atom. The minimum Gasteiger partial charge on any atom is -0.454 e. The number of esters is 1. The molecule has 3 rings (SSSR count). The molecule has 0 aromatic heterocycles. The van der Waals surface area contributed by atoms with E-state index in [1.54, 1.807) is 6.92 Å². The van der Waals surface area contributed by atoms with Crippen LogP contribution in [0.1, 0.15) is 44.2 Å². The lowest BCUT2D eigenvalue weighted by Crippen LogP contribution is -2.37. The van der Waals surface area contributed by atoms with E-state index in [1.165, 1.54) is 0 Å². The number of rotatable bonds is 8. The Labute approximate surface area is 171 Å². The van der Waals surface area contributed by atoms with Gasteiger partial charge in [-0.25, -0.2) is 0 Å². The van der Waals surface area contributed by atoms with Gasteiger partial charge in [-0.05, 0) is 36.1 Å². The zero-order valence-corrected chi connectivity index (χ0v) is 17.0. The molecule has 0 saturated heterocycles. The predicted octanol–water partition coefficient (Wildman–Crippen LogP) is 3.79. The topological polar surface area (TPSA) is 73.9 Å². The van der Waals surface area contributed by atoms with Crippen molar-refractivity contribution >= 4 is 11.9 Å². The second-order valence-corrected chi connectivity index (χ2v) is 7.26. The Morgan fingerprint density at radius 1 is 1.07 bits per heavy atom. The van der Waals surface area contributed by atoms with Gasteiger partial charge < -0.3 is 19.5 Å². The average Bonchev–Trinajstić information content (AvgIpc) is 3.20. The van der Waals surface area contributed by atoms with Gasteiger partial charge in [-0.2, -0.15) is 0 Å². The monoisotopic (exact) mass is 397 g/mol. The predicted molar refractivity (Wildman–Crippen MR) is 109 cm³/mol. The van der Waals surface area contributed by atoms with Gasteiger partial charge in [0.1, 0.15) is 0 Å². The highest BCUT2D eigenvalue weighted by molar-refractivity contribution is 5.85. The molecular weight excluding hydrogens is 370 g/mol. The van der Waals surface area contributed by atoms with Crippen molar-refractivity contribution in [1.82, 2.24) is 5.32 Å². The molecule has 2 aromatic rings. The Hall–Kier alpha value is -3.02. The van der Waals surface area contributed by atoms with E-state index in [1.807, 2.05) is 62.4 Å². The molecular formula is C23H27NO5. The van der Waals surface area contributed by atoms with Crippen molar-refractivity contribution in [2.75, 3.05) is 6.79 Å². The summed E-state index contributed by atoms with van der Waals surface area (Å²) in [5.41, 5.74) is 1.78. The fraction of sp³-hybridized carbons (Fsp3) is 0.391. The fourth-order valence-electron chi connectivity index (χ4n) is 3.28. The molecule has 6 nitrogen and oxygen atoms in total. The molecule has 1 amide bonds. The van der Waals surface area contributed by atoms with Gasteiger partial charge in [-0.15, -0.1) is 0 Å². The number of hydrogen-bond acceptors (Lipinski definition) is 5. The number of nitrogens with one attached hydrogen (secondary N) is 1. The summed E-state index contributed by atoms with van der Waals surface area (Å²) in [6, 6.07) is 15.1. The molecule has 6 heteroatoms. The number of carbonyl (C=O) groups is 2. The van der Waals surface area contributed by atoms with E-state index < -0.39 is 12.0 Å². The quantitative estimate of drug-likeness (QED) is 0.686. The standard InChI is InChI=1S/C23H27NO5/c1-4-15(2)21(18-8-6-5-7-9-18)23(26)29-16(3)22(25)24-13-17-10-11-19-20(12-17)28-14-27-19/h5-12,15-16,21H,4,13-14H2,1-3H3,(H,24,25)/t15-,16-,21-/m0/s1. The summed E-state index contributed by atoms with van der Waals surface area (Å²) in [6.07, 6.45) is -0.0499. The number of carbonyl (C=O) groups excluding carboxylic acids is 2. The Balaban J connectivity index is 1.58. The molecule has 0 saturated carbocycles. The number of amides is 1. The first-order valence-electron chi connectivity index (χ1n) is 9.91. The van der Waals surface area contributed by atoms with Gasteiger partial charge in [0.15, 0.2) is 17.6 Å². The van der Waals surface area contributed by atoms with E-state index in [2.05, 4.69) is 5.32 Å². The average molecular weight is 397 g/mol. The van der Waals surface area contributed by atoms with Crippen molar-refractivity contribution in [3.63, 3.8) is 0 Å². The van der Waals surface area contributed by atoms with Crippen LogP contribution in [0.2, 0.25) is 0 Å². The van der Waals surface area contributed by atoms with Crippen LogP contribution in [0, 0.1) is 5.92 Å². The van der Waals surface area contributed by atoms with E-state index in [4.69, 9.17) is 14.2 Å². The van der Waals surface area contributed by atoms with E-state index >= 15 is 0 Å². The number of fused-ring (bicyclic) bond motifs is 1. The van der Waals surface area contributed by atoms with Crippen molar-refractivity contribution in [1.29, 1.82) is 0 Å². The lowest BCUT2D eigenvalue weighted by atomic mass is 9.85. The molecule has 1 N–H and O–H groups in total. The van der Waals surface area contributed by atoms with E-state index in [9.17, 15) is 9.59 Å². The second kappa shape index (κ2) is 9.45. The molecule has 3 atom stereocenters. The van der Waals surface area contributed by atoms with E-state index in [0.717, 1.165) is 17.5 Å². The van der Waals surface area contributed by atoms with Crippen LogP contribution in [0.5, 0.6) is 11.5 Å². The third-order valence-corrected chi connectivity index (χ3v) is 5.19. The second-order valence-electron chi connectivity index (χ2n) is 7.26. The molecule has 154 valence electrons. The maximum atomic E-state index is 12.8. The Morgan fingerprint density at radius 3 is 2.52 bits per heavy atom. The highest BCUT2D eigenvalue weighted by Gasteiger charge is 2.30. The van der Waals surface area contributed by atoms with Crippen molar-refractivity contribution in [3.8, 4) is 11.5 Å². The van der Waals surface area contributed by atoms with Crippen molar-refractivity contribution < 1.29 is 23.8 Å². The van der Waals surface area contributed by atoms with Crippen LogP contribution in [0.3, 0.4) is 0 Å². The van der Waals surface area contributed by atoms with Crippen LogP contribution in [0.15, 0.2) is 48.5 Å². The van der Waals surface area contributed by atoms with Crippen LogP contribution < -0.4 is 14.8 Å². The summed E-state index contributed by atoms with van der Waals surface area (Å²) < 4.78 is 16.1. The van der Waals surface area contributed by atoms with Crippen molar-refractivity contribution in [3.05, 3.63) is 59.7 Å². The van der Waals surface area contributed by atoms with Gasteiger partial charge in [-0.3, -0.25) is 9.59 Å². The molecule has 1 heterocycles. The molecule has 0 aliphatic carbocycles.